The molecule has 0 unspecified atom stereocenters. The topological polar surface area (TPSA) is 69.0 Å². The van der Waals surface area contributed by atoms with E-state index in [-0.39, 0.29) is 18.3 Å². The molecule has 1 heterocycles. The number of allylic oxidation sites excluding steroid dienone is 1. The van der Waals surface area contributed by atoms with Gasteiger partial charge in [-0.2, -0.15) is 0 Å². The summed E-state index contributed by atoms with van der Waals surface area (Å²) in [5, 5.41) is 12.3. The Balaban J connectivity index is 1.99. The first-order valence-electron chi connectivity index (χ1n) is 7.55. The summed E-state index contributed by atoms with van der Waals surface area (Å²) in [4.78, 5) is 11.7. The minimum Gasteiger partial charge on any atom is -0.486 e. The fourth-order valence-corrected chi connectivity index (χ4v) is 2.81. The second-order valence-electron chi connectivity index (χ2n) is 4.92. The van der Waals surface area contributed by atoms with E-state index in [4.69, 9.17) is 16.3 Å². The van der Waals surface area contributed by atoms with Crippen LogP contribution < -0.4 is 10.1 Å². The van der Waals surface area contributed by atoms with Crippen molar-refractivity contribution in [2.45, 2.75) is 18.3 Å². The van der Waals surface area contributed by atoms with Crippen LogP contribution in [0.4, 0.5) is 0 Å². The van der Waals surface area contributed by atoms with Crippen molar-refractivity contribution in [2.75, 3.05) is 12.3 Å². The van der Waals surface area contributed by atoms with Crippen molar-refractivity contribution in [1.82, 2.24) is 20.1 Å². The lowest BCUT2D eigenvalue weighted by atomic mass is 10.3. The number of nitrogens with zero attached hydrogens (tertiary/aromatic N) is 3. The van der Waals surface area contributed by atoms with Crippen LogP contribution in [0.2, 0.25) is 5.02 Å². The van der Waals surface area contributed by atoms with Crippen LogP contribution >= 0.6 is 23.4 Å². The maximum Gasteiger partial charge on any atom is 0.230 e. The minimum absolute atomic E-state index is 0.0861. The zero-order valence-electron chi connectivity index (χ0n) is 13.7. The summed E-state index contributed by atoms with van der Waals surface area (Å²) in [6.45, 7) is 8.54. The van der Waals surface area contributed by atoms with E-state index in [1.807, 2.05) is 4.57 Å². The molecule has 1 N–H and O–H groups in total. The van der Waals surface area contributed by atoms with Crippen molar-refractivity contribution in [3.05, 3.63) is 60.4 Å². The summed E-state index contributed by atoms with van der Waals surface area (Å²) >= 11 is 7.17. The summed E-state index contributed by atoms with van der Waals surface area (Å²) < 4.78 is 7.58. The molecule has 8 heteroatoms. The minimum atomic E-state index is -0.0861. The van der Waals surface area contributed by atoms with Gasteiger partial charge in [0.1, 0.15) is 12.4 Å². The molecule has 1 aromatic heterocycles. The molecule has 0 saturated heterocycles. The predicted octanol–water partition coefficient (Wildman–Crippen LogP) is 3.09. The number of amides is 1. The molecule has 0 bridgehead atoms. The molecule has 0 aliphatic rings. The number of carbonyl (C=O) groups excluding carboxylic acids is 1. The molecule has 0 radical (unpaired) electrons. The van der Waals surface area contributed by atoms with E-state index in [0.717, 1.165) is 0 Å². The Hall–Kier alpha value is -2.25. The van der Waals surface area contributed by atoms with Crippen LogP contribution in [0.3, 0.4) is 0 Å². The SMILES string of the molecule is C=CCNC(=O)CSc1nnc(COc2ccc(Cl)cc2)n1CC=C. The standard InChI is InChI=1S/C17H19ClN4O2S/c1-3-9-19-16(23)12-25-17-21-20-15(22(17)10-4-2)11-24-14-7-5-13(18)6-8-14/h3-8H,1-2,9-12H2,(H,19,23). The average molecular weight is 379 g/mol. The fraction of sp³-hybridized carbons (Fsp3) is 0.235. The van der Waals surface area contributed by atoms with Crippen LogP contribution in [-0.4, -0.2) is 33.0 Å². The quantitative estimate of drug-likeness (QED) is 0.508. The van der Waals surface area contributed by atoms with Crippen LogP contribution in [0, 0.1) is 0 Å². The molecule has 6 nitrogen and oxygen atoms in total. The molecular weight excluding hydrogens is 360 g/mol. The Morgan fingerprint density at radius 3 is 2.72 bits per heavy atom. The van der Waals surface area contributed by atoms with Gasteiger partial charge in [0.2, 0.25) is 5.91 Å². The van der Waals surface area contributed by atoms with Gasteiger partial charge in [-0.1, -0.05) is 35.5 Å². The molecule has 0 fully saturated rings. The molecule has 1 amide bonds. The first-order valence-corrected chi connectivity index (χ1v) is 8.92. The van der Waals surface area contributed by atoms with Crippen LogP contribution in [0.1, 0.15) is 5.82 Å². The molecule has 1 aromatic carbocycles. The molecule has 0 saturated carbocycles. The normalized spacial score (nSPS) is 10.3. The zero-order chi connectivity index (χ0) is 18.1. The van der Waals surface area contributed by atoms with E-state index in [0.29, 0.717) is 34.8 Å². The third-order valence-electron chi connectivity index (χ3n) is 3.06. The number of ether oxygens (including phenoxy) is 1. The van der Waals surface area contributed by atoms with Crippen LogP contribution in [-0.2, 0) is 17.9 Å². The number of nitrogens with one attached hydrogen (secondary N) is 1. The first kappa shape index (κ1) is 19.1. The molecule has 132 valence electrons. The van der Waals surface area contributed by atoms with Crippen molar-refractivity contribution in [1.29, 1.82) is 0 Å². The summed E-state index contributed by atoms with van der Waals surface area (Å²) in [6, 6.07) is 7.09. The van der Waals surface area contributed by atoms with Gasteiger partial charge in [-0.25, -0.2) is 0 Å². The lowest BCUT2D eigenvalue weighted by molar-refractivity contribution is -0.118. The zero-order valence-corrected chi connectivity index (χ0v) is 15.2. The van der Waals surface area contributed by atoms with Crippen molar-refractivity contribution >= 4 is 29.3 Å². The van der Waals surface area contributed by atoms with Crippen molar-refractivity contribution in [3.63, 3.8) is 0 Å². The Kier molecular flexibility index (Phi) is 7.56. The average Bonchev–Trinajstić information content (AvgIpc) is 3.00. The first-order chi connectivity index (χ1) is 12.1. The van der Waals surface area contributed by atoms with Gasteiger partial charge in [-0.05, 0) is 24.3 Å². The molecule has 0 aliphatic heterocycles. The number of rotatable bonds is 10. The molecule has 2 rings (SSSR count). The van der Waals surface area contributed by atoms with E-state index in [9.17, 15) is 4.79 Å². The van der Waals surface area contributed by atoms with Gasteiger partial charge >= 0.3 is 0 Å². The molecule has 0 spiro atoms. The van der Waals surface area contributed by atoms with Crippen LogP contribution in [0.5, 0.6) is 5.75 Å². The third-order valence-corrected chi connectivity index (χ3v) is 4.28. The highest BCUT2D eigenvalue weighted by Crippen LogP contribution is 2.20. The van der Waals surface area contributed by atoms with E-state index in [1.165, 1.54) is 11.8 Å². The number of thioether (sulfide) groups is 1. The van der Waals surface area contributed by atoms with Crippen LogP contribution in [0.25, 0.3) is 0 Å². The lowest BCUT2D eigenvalue weighted by Gasteiger charge is -2.09. The van der Waals surface area contributed by atoms with E-state index >= 15 is 0 Å². The lowest BCUT2D eigenvalue weighted by Crippen LogP contribution is -2.25. The van der Waals surface area contributed by atoms with Gasteiger partial charge in [-0.15, -0.1) is 23.4 Å². The molecule has 0 atom stereocenters. The number of halogens is 1. The molecule has 0 aliphatic carbocycles. The van der Waals surface area contributed by atoms with E-state index in [2.05, 4.69) is 28.7 Å². The van der Waals surface area contributed by atoms with Crippen LogP contribution in [0.15, 0.2) is 54.7 Å². The third kappa shape index (κ3) is 5.95. The summed E-state index contributed by atoms with van der Waals surface area (Å²) in [5.74, 6) is 1.51. The van der Waals surface area contributed by atoms with Gasteiger partial charge < -0.3 is 10.1 Å². The number of hydrogen-bond donors (Lipinski definition) is 1. The Bertz CT molecular complexity index is 731. The molecular formula is C17H19ClN4O2S. The largest absolute Gasteiger partial charge is 0.486 e. The Labute approximate surface area is 155 Å². The summed E-state index contributed by atoms with van der Waals surface area (Å²) in [6.07, 6.45) is 3.38. The monoisotopic (exact) mass is 378 g/mol. The summed E-state index contributed by atoms with van der Waals surface area (Å²) in [7, 11) is 0. The van der Waals surface area contributed by atoms with Gasteiger partial charge in [0.25, 0.3) is 0 Å². The van der Waals surface area contributed by atoms with E-state index in [1.54, 1.807) is 36.4 Å². The second kappa shape index (κ2) is 9.90. The Morgan fingerprint density at radius 1 is 1.28 bits per heavy atom. The number of hydrogen-bond acceptors (Lipinski definition) is 5. The van der Waals surface area contributed by atoms with Crippen molar-refractivity contribution < 1.29 is 9.53 Å². The van der Waals surface area contributed by atoms with Gasteiger partial charge in [0.05, 0.1) is 5.75 Å². The highest BCUT2D eigenvalue weighted by atomic mass is 35.5. The second-order valence-corrected chi connectivity index (χ2v) is 6.30. The Morgan fingerprint density at radius 2 is 2.04 bits per heavy atom. The van der Waals surface area contributed by atoms with Gasteiger partial charge in [0.15, 0.2) is 11.0 Å². The van der Waals surface area contributed by atoms with E-state index < -0.39 is 0 Å². The maximum absolute atomic E-state index is 11.7. The molecule has 25 heavy (non-hydrogen) atoms. The highest BCUT2D eigenvalue weighted by molar-refractivity contribution is 7.99. The van der Waals surface area contributed by atoms with Crippen molar-refractivity contribution in [3.8, 4) is 5.75 Å². The number of carbonyl (C=O) groups is 1. The smallest absolute Gasteiger partial charge is 0.230 e. The van der Waals surface area contributed by atoms with Gasteiger partial charge in [-0.3, -0.25) is 9.36 Å². The molecule has 2 aromatic rings. The predicted molar refractivity (Wildman–Crippen MR) is 99.9 cm³/mol. The van der Waals surface area contributed by atoms with Gasteiger partial charge in [0, 0.05) is 18.1 Å². The number of benzene rings is 1. The van der Waals surface area contributed by atoms with Crippen molar-refractivity contribution in [2.24, 2.45) is 0 Å². The maximum atomic E-state index is 11.7. The fourth-order valence-electron chi connectivity index (χ4n) is 1.89. The summed E-state index contributed by atoms with van der Waals surface area (Å²) in [5.41, 5.74) is 0. The highest BCUT2D eigenvalue weighted by Gasteiger charge is 2.14. The number of aromatic nitrogens is 3.